The van der Waals surface area contributed by atoms with Gasteiger partial charge in [-0.1, -0.05) is 19.2 Å². The summed E-state index contributed by atoms with van der Waals surface area (Å²) >= 11 is 1.93. The van der Waals surface area contributed by atoms with E-state index in [2.05, 4.69) is 16.4 Å². The summed E-state index contributed by atoms with van der Waals surface area (Å²) in [5.41, 5.74) is 1.76. The highest BCUT2D eigenvalue weighted by molar-refractivity contribution is 14.1. The molecule has 3 heteroatoms. The molecule has 0 N–H and O–H groups in total. The van der Waals surface area contributed by atoms with Crippen LogP contribution in [0.5, 0.6) is 0 Å². The van der Waals surface area contributed by atoms with Crippen molar-refractivity contribution in [2.75, 3.05) is 7.11 Å². The van der Waals surface area contributed by atoms with E-state index in [0.29, 0.717) is 5.76 Å². The number of nitrogens with zero attached hydrogens (tertiary/aromatic N) is 1. The molecule has 0 aliphatic carbocycles. The molecular formula is C9H12INO. The van der Waals surface area contributed by atoms with Crippen LogP contribution in [0.25, 0.3) is 0 Å². The number of allylic oxidation sites excluding steroid dienone is 3. The Morgan fingerprint density at radius 2 is 2.00 bits per heavy atom. The number of hydrogen-bond donors (Lipinski definition) is 0. The highest BCUT2D eigenvalue weighted by atomic mass is 127. The largest absolute Gasteiger partial charge is 0.497 e. The van der Waals surface area contributed by atoms with Gasteiger partial charge in [-0.05, 0) is 18.6 Å². The minimum Gasteiger partial charge on any atom is -0.497 e. The standard InChI is InChI=1S/C9H12INO/c1-7(9(3)11-10)5-6-8(2)12-4/h5-6H,1-2H2,3-4H3/b6-5-,11-9+. The van der Waals surface area contributed by atoms with Crippen molar-refractivity contribution in [3.8, 4) is 0 Å². The van der Waals surface area contributed by atoms with E-state index in [9.17, 15) is 0 Å². The van der Waals surface area contributed by atoms with E-state index in [1.165, 1.54) is 0 Å². The van der Waals surface area contributed by atoms with Gasteiger partial charge in [0.25, 0.3) is 0 Å². The first-order chi connectivity index (χ1) is 5.61. The van der Waals surface area contributed by atoms with Crippen molar-refractivity contribution in [2.45, 2.75) is 6.92 Å². The number of methoxy groups -OCH3 is 1. The summed E-state index contributed by atoms with van der Waals surface area (Å²) in [5, 5.41) is 0. The molecule has 0 aliphatic heterocycles. The minimum absolute atomic E-state index is 0.609. The number of hydrogen-bond acceptors (Lipinski definition) is 2. The van der Waals surface area contributed by atoms with Gasteiger partial charge in [-0.2, -0.15) is 0 Å². The van der Waals surface area contributed by atoms with Crippen molar-refractivity contribution >= 4 is 28.6 Å². The Kier molecular flexibility index (Phi) is 5.70. The van der Waals surface area contributed by atoms with Gasteiger partial charge in [-0.25, -0.2) is 3.21 Å². The third-order valence-electron chi connectivity index (χ3n) is 1.32. The van der Waals surface area contributed by atoms with Crippen molar-refractivity contribution in [1.82, 2.24) is 0 Å². The molecule has 12 heavy (non-hydrogen) atoms. The molecule has 0 unspecified atom stereocenters. The Labute approximate surface area is 87.2 Å². The van der Waals surface area contributed by atoms with Gasteiger partial charge in [-0.15, -0.1) is 0 Å². The quantitative estimate of drug-likeness (QED) is 0.335. The fraction of sp³-hybridized carbons (Fsp3) is 0.222. The third-order valence-corrected chi connectivity index (χ3v) is 2.05. The maximum Gasteiger partial charge on any atom is 0.111 e. The molecule has 0 fully saturated rings. The molecule has 0 amide bonds. The lowest BCUT2D eigenvalue weighted by Crippen LogP contribution is -1.90. The van der Waals surface area contributed by atoms with E-state index in [0.717, 1.165) is 11.3 Å². The Hall–Kier alpha value is -0.580. The SMILES string of the molecule is C=C(/C=C\C(=C)/C(C)=N/I)OC. The van der Waals surface area contributed by atoms with Gasteiger partial charge in [0.15, 0.2) is 0 Å². The zero-order valence-electron chi connectivity index (χ0n) is 7.30. The van der Waals surface area contributed by atoms with E-state index < -0.39 is 0 Å². The summed E-state index contributed by atoms with van der Waals surface area (Å²) in [7, 11) is 1.58. The van der Waals surface area contributed by atoms with Gasteiger partial charge in [0.1, 0.15) is 5.76 Å². The minimum atomic E-state index is 0.609. The zero-order chi connectivity index (χ0) is 9.56. The molecule has 0 radical (unpaired) electrons. The van der Waals surface area contributed by atoms with Crippen LogP contribution < -0.4 is 0 Å². The maximum absolute atomic E-state index is 4.85. The molecule has 0 heterocycles. The van der Waals surface area contributed by atoms with E-state index in [1.54, 1.807) is 13.2 Å². The van der Waals surface area contributed by atoms with Crippen molar-refractivity contribution in [1.29, 1.82) is 0 Å². The lowest BCUT2D eigenvalue weighted by Gasteiger charge is -1.97. The van der Waals surface area contributed by atoms with Crippen molar-refractivity contribution in [2.24, 2.45) is 3.21 Å². The van der Waals surface area contributed by atoms with Gasteiger partial charge < -0.3 is 4.74 Å². The van der Waals surface area contributed by atoms with Gasteiger partial charge in [-0.3, -0.25) is 0 Å². The zero-order valence-corrected chi connectivity index (χ0v) is 9.46. The summed E-state index contributed by atoms with van der Waals surface area (Å²) in [6, 6.07) is 0. The number of rotatable bonds is 4. The highest BCUT2D eigenvalue weighted by Crippen LogP contribution is 2.03. The average Bonchev–Trinajstić information content (AvgIpc) is 2.11. The van der Waals surface area contributed by atoms with Crippen LogP contribution in [0.15, 0.2) is 39.8 Å². The summed E-state index contributed by atoms with van der Waals surface area (Å²) in [6.07, 6.45) is 3.58. The van der Waals surface area contributed by atoms with Crippen molar-refractivity contribution in [3.63, 3.8) is 0 Å². The predicted octanol–water partition coefficient (Wildman–Crippen LogP) is 3.07. The summed E-state index contributed by atoms with van der Waals surface area (Å²) in [5.74, 6) is 0.609. The van der Waals surface area contributed by atoms with Crippen LogP contribution in [-0.2, 0) is 4.74 Å². The molecule has 0 aromatic rings. The van der Waals surface area contributed by atoms with E-state index in [-0.39, 0.29) is 0 Å². The smallest absolute Gasteiger partial charge is 0.111 e. The van der Waals surface area contributed by atoms with Gasteiger partial charge in [0.05, 0.1) is 35.7 Å². The monoisotopic (exact) mass is 277 g/mol. The first kappa shape index (κ1) is 11.4. The molecule has 0 aliphatic rings. The van der Waals surface area contributed by atoms with Crippen LogP contribution in [0.1, 0.15) is 6.92 Å². The molecule has 66 valence electrons. The Morgan fingerprint density at radius 1 is 1.42 bits per heavy atom. The summed E-state index contributed by atoms with van der Waals surface area (Å²) in [6.45, 7) is 9.35. The lowest BCUT2D eigenvalue weighted by atomic mass is 10.2. The van der Waals surface area contributed by atoms with Crippen LogP contribution in [-0.4, -0.2) is 12.8 Å². The number of halogens is 1. The first-order valence-corrected chi connectivity index (χ1v) is 4.34. The van der Waals surface area contributed by atoms with Crippen LogP contribution in [0.3, 0.4) is 0 Å². The highest BCUT2D eigenvalue weighted by Gasteiger charge is 1.92. The van der Waals surface area contributed by atoms with E-state index in [4.69, 9.17) is 4.74 Å². The van der Waals surface area contributed by atoms with Crippen molar-refractivity contribution in [3.05, 3.63) is 36.6 Å². The topological polar surface area (TPSA) is 21.6 Å². The first-order valence-electron chi connectivity index (χ1n) is 3.37. The molecule has 2 nitrogen and oxygen atoms in total. The molecule has 0 atom stereocenters. The van der Waals surface area contributed by atoms with E-state index >= 15 is 0 Å². The Morgan fingerprint density at radius 3 is 2.42 bits per heavy atom. The molecule has 0 saturated carbocycles. The van der Waals surface area contributed by atoms with Gasteiger partial charge in [0.2, 0.25) is 0 Å². The molecule has 0 saturated heterocycles. The van der Waals surface area contributed by atoms with E-state index in [1.807, 2.05) is 35.9 Å². The normalized spacial score (nSPS) is 11.8. The second kappa shape index (κ2) is 5.99. The number of ether oxygens (including phenoxy) is 1. The second-order valence-corrected chi connectivity index (χ2v) is 2.68. The molecule has 0 spiro atoms. The Balaban J connectivity index is 4.19. The molecule has 0 aromatic heterocycles. The van der Waals surface area contributed by atoms with Gasteiger partial charge >= 0.3 is 0 Å². The van der Waals surface area contributed by atoms with Crippen LogP contribution >= 0.6 is 22.9 Å². The summed E-state index contributed by atoms with van der Waals surface area (Å²) in [4.78, 5) is 0. The fourth-order valence-corrected chi connectivity index (χ4v) is 0.746. The predicted molar refractivity (Wildman–Crippen MR) is 61.6 cm³/mol. The molecule has 0 bridgehead atoms. The molecular weight excluding hydrogens is 265 g/mol. The Bertz CT molecular complexity index is 241. The van der Waals surface area contributed by atoms with Crippen LogP contribution in [0, 0.1) is 0 Å². The van der Waals surface area contributed by atoms with Crippen LogP contribution in [0.4, 0.5) is 0 Å². The second-order valence-electron chi connectivity index (χ2n) is 2.20. The fourth-order valence-electron chi connectivity index (χ4n) is 0.436. The maximum atomic E-state index is 4.85. The molecule has 0 rings (SSSR count). The van der Waals surface area contributed by atoms with Crippen molar-refractivity contribution < 1.29 is 4.74 Å². The van der Waals surface area contributed by atoms with Crippen LogP contribution in [0.2, 0.25) is 0 Å². The van der Waals surface area contributed by atoms with Gasteiger partial charge in [0, 0.05) is 0 Å². The average molecular weight is 277 g/mol. The summed E-state index contributed by atoms with van der Waals surface area (Å²) < 4.78 is 8.81. The third kappa shape index (κ3) is 4.33. The lowest BCUT2D eigenvalue weighted by molar-refractivity contribution is 0.309. The molecule has 0 aromatic carbocycles.